The smallest absolute Gasteiger partial charge is 0.243 e. The van der Waals surface area contributed by atoms with E-state index in [1.807, 2.05) is 44.2 Å². The normalized spacial score (nSPS) is 13.4. The van der Waals surface area contributed by atoms with E-state index in [2.05, 4.69) is 16.0 Å². The Kier molecular flexibility index (Phi) is 12.6. The van der Waals surface area contributed by atoms with E-state index in [0.717, 1.165) is 11.1 Å². The number of phenols is 1. The van der Waals surface area contributed by atoms with Crippen LogP contribution < -0.4 is 27.4 Å². The number of nitrogens with two attached hydrogens (primary N) is 2. The highest BCUT2D eigenvalue weighted by molar-refractivity contribution is 5.93. The Bertz CT molecular complexity index is 982. The number of aromatic hydroxyl groups is 1. The van der Waals surface area contributed by atoms with Gasteiger partial charge < -0.3 is 32.5 Å². The summed E-state index contributed by atoms with van der Waals surface area (Å²) in [5.74, 6) is -0.953. The van der Waals surface area contributed by atoms with Crippen LogP contribution in [0.15, 0.2) is 54.6 Å². The van der Waals surface area contributed by atoms with E-state index in [1.165, 1.54) is 12.1 Å². The molecule has 37 heavy (non-hydrogen) atoms. The summed E-state index contributed by atoms with van der Waals surface area (Å²) in [7, 11) is 0. The molecule has 9 heteroatoms. The van der Waals surface area contributed by atoms with Crippen LogP contribution in [0, 0.1) is 5.92 Å². The maximum atomic E-state index is 13.4. The second-order valence-corrected chi connectivity index (χ2v) is 9.69. The van der Waals surface area contributed by atoms with Crippen molar-refractivity contribution in [2.24, 2.45) is 17.4 Å². The van der Waals surface area contributed by atoms with E-state index in [0.29, 0.717) is 38.8 Å². The number of hydrogen-bond acceptors (Lipinski definition) is 6. The molecule has 0 aliphatic rings. The fourth-order valence-corrected chi connectivity index (χ4v) is 3.90. The molecular weight excluding hydrogens is 470 g/mol. The van der Waals surface area contributed by atoms with E-state index < -0.39 is 29.9 Å². The lowest BCUT2D eigenvalue weighted by Crippen LogP contribution is -2.56. The first-order valence-electron chi connectivity index (χ1n) is 12.9. The molecule has 2 aromatic carbocycles. The molecule has 0 radical (unpaired) electrons. The molecule has 0 unspecified atom stereocenters. The summed E-state index contributed by atoms with van der Waals surface area (Å²) in [6.07, 6.45) is 2.28. The lowest BCUT2D eigenvalue weighted by atomic mass is 10.0. The van der Waals surface area contributed by atoms with Crippen LogP contribution in [0.4, 0.5) is 0 Å². The molecule has 0 spiro atoms. The standard InChI is InChI=1S/C28H41N5O4/c1-19(2)17-24(27(36)31-16-14-20-7-4-3-5-8-20)33-28(37)25(18-21-10-12-22(34)13-11-21)32-26(35)23(30)9-6-15-29/h3-5,7-8,10-13,19,23-25,34H,6,9,14-18,29-30H2,1-2H3,(H,31,36)(H,32,35)(H,33,37)/t23-,24-,25-/m0/s1. The molecule has 0 fully saturated rings. The molecule has 202 valence electrons. The molecule has 2 rings (SSSR count). The molecule has 0 heterocycles. The first-order valence-corrected chi connectivity index (χ1v) is 12.9. The summed E-state index contributed by atoms with van der Waals surface area (Å²) in [5, 5.41) is 18.1. The van der Waals surface area contributed by atoms with Gasteiger partial charge in [-0.15, -0.1) is 0 Å². The number of carbonyl (C=O) groups is 3. The van der Waals surface area contributed by atoms with E-state index in [1.54, 1.807) is 12.1 Å². The highest BCUT2D eigenvalue weighted by Gasteiger charge is 2.28. The van der Waals surface area contributed by atoms with Crippen LogP contribution >= 0.6 is 0 Å². The Balaban J connectivity index is 2.10. The molecule has 0 saturated heterocycles. The maximum absolute atomic E-state index is 13.4. The van der Waals surface area contributed by atoms with Crippen molar-refractivity contribution in [3.63, 3.8) is 0 Å². The minimum absolute atomic E-state index is 0.0989. The SMILES string of the molecule is CC(C)C[C@H](NC(=O)[C@H](Cc1ccc(O)cc1)NC(=O)[C@@H](N)CCCN)C(=O)NCCc1ccccc1. The average molecular weight is 512 g/mol. The van der Waals surface area contributed by atoms with Gasteiger partial charge in [0.1, 0.15) is 17.8 Å². The number of hydrogen-bond donors (Lipinski definition) is 6. The van der Waals surface area contributed by atoms with Gasteiger partial charge >= 0.3 is 0 Å². The molecular formula is C28H41N5O4. The predicted octanol–water partition coefficient (Wildman–Crippen LogP) is 1.38. The molecule has 0 saturated carbocycles. The third kappa shape index (κ3) is 11.0. The van der Waals surface area contributed by atoms with Gasteiger partial charge in [0.05, 0.1) is 6.04 Å². The Labute approximate surface area is 219 Å². The lowest BCUT2D eigenvalue weighted by Gasteiger charge is -2.25. The minimum atomic E-state index is -0.951. The van der Waals surface area contributed by atoms with Gasteiger partial charge in [0.25, 0.3) is 0 Å². The molecule has 3 amide bonds. The molecule has 0 bridgehead atoms. The summed E-state index contributed by atoms with van der Waals surface area (Å²) >= 11 is 0. The molecule has 8 N–H and O–H groups in total. The van der Waals surface area contributed by atoms with Crippen molar-refractivity contribution in [2.75, 3.05) is 13.1 Å². The van der Waals surface area contributed by atoms with E-state index in [-0.39, 0.29) is 24.0 Å². The van der Waals surface area contributed by atoms with Crippen molar-refractivity contribution in [3.05, 3.63) is 65.7 Å². The monoisotopic (exact) mass is 511 g/mol. The van der Waals surface area contributed by atoms with Crippen molar-refractivity contribution in [2.45, 2.75) is 64.1 Å². The molecule has 2 aromatic rings. The topological polar surface area (TPSA) is 160 Å². The van der Waals surface area contributed by atoms with Crippen LogP contribution in [0.25, 0.3) is 0 Å². The fraction of sp³-hybridized carbons (Fsp3) is 0.464. The third-order valence-corrected chi connectivity index (χ3v) is 5.96. The number of carbonyl (C=O) groups excluding carboxylic acids is 3. The first kappa shape index (κ1) is 29.8. The summed E-state index contributed by atoms with van der Waals surface area (Å²) in [6.45, 7) is 4.80. The van der Waals surface area contributed by atoms with Gasteiger partial charge in [-0.2, -0.15) is 0 Å². The van der Waals surface area contributed by atoms with Gasteiger partial charge in [-0.1, -0.05) is 56.3 Å². The van der Waals surface area contributed by atoms with Crippen molar-refractivity contribution >= 4 is 17.7 Å². The van der Waals surface area contributed by atoms with Gasteiger partial charge in [0, 0.05) is 13.0 Å². The average Bonchev–Trinajstić information content (AvgIpc) is 2.87. The van der Waals surface area contributed by atoms with Crippen LogP contribution in [-0.2, 0) is 27.2 Å². The number of phenolic OH excluding ortho intramolecular Hbond substituents is 1. The van der Waals surface area contributed by atoms with Crippen molar-refractivity contribution < 1.29 is 19.5 Å². The highest BCUT2D eigenvalue weighted by atomic mass is 16.3. The number of amides is 3. The molecule has 0 aliphatic carbocycles. The van der Waals surface area contributed by atoms with E-state index >= 15 is 0 Å². The minimum Gasteiger partial charge on any atom is -0.508 e. The number of benzene rings is 2. The van der Waals surface area contributed by atoms with Gasteiger partial charge in [-0.05, 0) is 61.4 Å². The fourth-order valence-electron chi connectivity index (χ4n) is 3.90. The molecule has 9 nitrogen and oxygen atoms in total. The molecule has 0 aromatic heterocycles. The van der Waals surface area contributed by atoms with Crippen molar-refractivity contribution in [3.8, 4) is 5.75 Å². The Morgan fingerprint density at radius 1 is 0.865 bits per heavy atom. The Hall–Kier alpha value is -3.43. The summed E-state index contributed by atoms with van der Waals surface area (Å²) < 4.78 is 0. The van der Waals surface area contributed by atoms with Crippen molar-refractivity contribution in [1.29, 1.82) is 0 Å². The van der Waals surface area contributed by atoms with Crippen LogP contribution in [0.2, 0.25) is 0 Å². The Morgan fingerprint density at radius 3 is 2.14 bits per heavy atom. The van der Waals surface area contributed by atoms with E-state index in [9.17, 15) is 19.5 Å². The van der Waals surface area contributed by atoms with Gasteiger partial charge in [0.15, 0.2) is 0 Å². The van der Waals surface area contributed by atoms with Crippen LogP contribution in [0.3, 0.4) is 0 Å². The predicted molar refractivity (Wildman–Crippen MR) is 145 cm³/mol. The van der Waals surface area contributed by atoms with Crippen molar-refractivity contribution in [1.82, 2.24) is 16.0 Å². The van der Waals surface area contributed by atoms with Crippen LogP contribution in [0.5, 0.6) is 5.75 Å². The summed E-state index contributed by atoms with van der Waals surface area (Å²) in [4.78, 5) is 39.1. The highest BCUT2D eigenvalue weighted by Crippen LogP contribution is 2.13. The zero-order valence-electron chi connectivity index (χ0n) is 21.8. The van der Waals surface area contributed by atoms with Crippen LogP contribution in [-0.4, -0.2) is 54.0 Å². The number of rotatable bonds is 15. The second-order valence-electron chi connectivity index (χ2n) is 9.69. The number of nitrogens with one attached hydrogen (secondary N) is 3. The maximum Gasteiger partial charge on any atom is 0.243 e. The first-order chi connectivity index (χ1) is 17.7. The lowest BCUT2D eigenvalue weighted by molar-refractivity contribution is -0.132. The van der Waals surface area contributed by atoms with Gasteiger partial charge in [0.2, 0.25) is 17.7 Å². The molecule has 0 aliphatic heterocycles. The van der Waals surface area contributed by atoms with Gasteiger partial charge in [-0.25, -0.2) is 0 Å². The summed E-state index contributed by atoms with van der Waals surface area (Å²) in [6, 6.07) is 13.7. The molecule has 3 atom stereocenters. The third-order valence-electron chi connectivity index (χ3n) is 5.96. The van der Waals surface area contributed by atoms with Gasteiger partial charge in [-0.3, -0.25) is 14.4 Å². The van der Waals surface area contributed by atoms with Crippen LogP contribution in [0.1, 0.15) is 44.2 Å². The second kappa shape index (κ2) is 15.6. The zero-order chi connectivity index (χ0) is 27.2. The zero-order valence-corrected chi connectivity index (χ0v) is 21.8. The Morgan fingerprint density at radius 2 is 1.51 bits per heavy atom. The quantitative estimate of drug-likeness (QED) is 0.212. The van der Waals surface area contributed by atoms with E-state index in [4.69, 9.17) is 11.5 Å². The largest absolute Gasteiger partial charge is 0.508 e. The summed E-state index contributed by atoms with van der Waals surface area (Å²) in [5.41, 5.74) is 13.4.